The predicted octanol–water partition coefficient (Wildman–Crippen LogP) is 6.78. The van der Waals surface area contributed by atoms with E-state index in [1.54, 1.807) is 12.3 Å². The fraction of sp³-hybridized carbons (Fsp3) is 0.214. The summed E-state index contributed by atoms with van der Waals surface area (Å²) in [6, 6.07) is 21.2. The van der Waals surface area contributed by atoms with Crippen LogP contribution in [0.15, 0.2) is 77.3 Å². The summed E-state index contributed by atoms with van der Waals surface area (Å²) in [4.78, 5) is 17.8. The summed E-state index contributed by atoms with van der Waals surface area (Å²) in [5.41, 5.74) is 5.20. The number of nitrogens with zero attached hydrogens (tertiary/aromatic N) is 1. The molecule has 5 nitrogen and oxygen atoms in total. The Kier molecular flexibility index (Phi) is 6.89. The van der Waals surface area contributed by atoms with Crippen LogP contribution in [-0.2, 0) is 12.8 Å². The normalized spacial score (nSPS) is 10.8. The van der Waals surface area contributed by atoms with Crippen molar-refractivity contribution in [3.8, 4) is 28.5 Å². The Labute approximate surface area is 194 Å². The molecule has 4 aromatic rings. The van der Waals surface area contributed by atoms with Gasteiger partial charge in [-0.05, 0) is 67.3 Å². The molecule has 0 unspecified atom stereocenters. The first-order chi connectivity index (χ1) is 16.1. The predicted molar refractivity (Wildman–Crippen MR) is 132 cm³/mol. The second kappa shape index (κ2) is 10.2. The molecule has 0 saturated heterocycles. The number of carbonyl (C=O) groups is 1. The number of carbonyl (C=O) groups excluding carboxylic acids is 1. The van der Waals surface area contributed by atoms with Gasteiger partial charge in [-0.15, -0.1) is 0 Å². The van der Waals surface area contributed by atoms with Gasteiger partial charge < -0.3 is 14.5 Å². The van der Waals surface area contributed by atoms with E-state index in [4.69, 9.17) is 9.15 Å². The number of hydrogen-bond donors (Lipinski definition) is 1. The highest BCUT2D eigenvalue weighted by Crippen LogP contribution is 2.30. The average Bonchev–Trinajstić information content (AvgIpc) is 3.35. The van der Waals surface area contributed by atoms with Crippen molar-refractivity contribution in [2.45, 2.75) is 33.6 Å². The molecule has 0 spiro atoms. The lowest BCUT2D eigenvalue weighted by molar-refractivity contribution is 0.102. The molecular formula is C28H28N2O3. The van der Waals surface area contributed by atoms with Crippen molar-refractivity contribution in [3.63, 3.8) is 0 Å². The van der Waals surface area contributed by atoms with E-state index in [-0.39, 0.29) is 5.91 Å². The molecular weight excluding hydrogens is 412 g/mol. The van der Waals surface area contributed by atoms with Gasteiger partial charge in [0.25, 0.3) is 5.91 Å². The van der Waals surface area contributed by atoms with E-state index < -0.39 is 0 Å². The monoisotopic (exact) mass is 440 g/mol. The number of ether oxygens (including phenoxy) is 1. The number of aryl methyl sites for hydroxylation is 2. The van der Waals surface area contributed by atoms with Crippen LogP contribution in [0.1, 0.15) is 42.3 Å². The molecule has 3 aromatic carbocycles. The summed E-state index contributed by atoms with van der Waals surface area (Å²) in [6.07, 6.45) is 3.37. The van der Waals surface area contributed by atoms with Crippen molar-refractivity contribution in [2.24, 2.45) is 0 Å². The van der Waals surface area contributed by atoms with E-state index in [0.717, 1.165) is 41.0 Å². The van der Waals surface area contributed by atoms with Crippen LogP contribution in [0, 0.1) is 0 Å². The molecule has 0 aliphatic carbocycles. The minimum atomic E-state index is -0.179. The van der Waals surface area contributed by atoms with Crippen molar-refractivity contribution < 1.29 is 13.9 Å². The maximum atomic E-state index is 13.3. The van der Waals surface area contributed by atoms with Crippen LogP contribution >= 0.6 is 0 Å². The number of para-hydroxylation sites is 1. The second-order valence-corrected chi connectivity index (χ2v) is 7.65. The fourth-order valence-electron chi connectivity index (χ4n) is 3.87. The molecule has 1 aromatic heterocycles. The van der Waals surface area contributed by atoms with Gasteiger partial charge in [-0.25, -0.2) is 4.98 Å². The number of anilines is 1. The summed E-state index contributed by atoms with van der Waals surface area (Å²) in [5, 5.41) is 3.14. The second-order valence-electron chi connectivity index (χ2n) is 7.65. The minimum Gasteiger partial charge on any atom is -0.494 e. The van der Waals surface area contributed by atoms with Crippen LogP contribution in [0.25, 0.3) is 22.8 Å². The standard InChI is InChI=1S/C28H28N2O3/c1-4-19-10-9-11-20(5-2)26(19)30-27(31)23-12-7-8-13-24(23)28-29-18-25(33-28)21-14-16-22(17-15-21)32-6-3/h7-18H,4-6H2,1-3H3,(H,30,31). The molecule has 0 saturated carbocycles. The topological polar surface area (TPSA) is 64.4 Å². The van der Waals surface area contributed by atoms with Crippen LogP contribution in [0.4, 0.5) is 5.69 Å². The van der Waals surface area contributed by atoms with E-state index in [1.807, 2.05) is 55.5 Å². The third kappa shape index (κ3) is 4.82. The van der Waals surface area contributed by atoms with Gasteiger partial charge in [0, 0.05) is 16.8 Å². The molecule has 0 radical (unpaired) electrons. The molecule has 0 fully saturated rings. The summed E-state index contributed by atoms with van der Waals surface area (Å²) in [6.45, 7) is 6.75. The zero-order valence-corrected chi connectivity index (χ0v) is 19.2. The van der Waals surface area contributed by atoms with Crippen LogP contribution in [0.2, 0.25) is 0 Å². The third-order valence-corrected chi connectivity index (χ3v) is 5.60. The first kappa shape index (κ1) is 22.3. The summed E-state index contributed by atoms with van der Waals surface area (Å²) >= 11 is 0. The van der Waals surface area contributed by atoms with E-state index in [0.29, 0.717) is 29.4 Å². The zero-order valence-electron chi connectivity index (χ0n) is 19.2. The average molecular weight is 441 g/mol. The first-order valence-electron chi connectivity index (χ1n) is 11.3. The smallest absolute Gasteiger partial charge is 0.256 e. The number of rotatable bonds is 8. The van der Waals surface area contributed by atoms with Crippen LogP contribution in [0.3, 0.4) is 0 Å². The Bertz CT molecular complexity index is 1220. The van der Waals surface area contributed by atoms with Crippen molar-refractivity contribution in [3.05, 3.63) is 89.6 Å². The lowest BCUT2D eigenvalue weighted by Crippen LogP contribution is -2.16. The molecule has 1 heterocycles. The number of hydrogen-bond acceptors (Lipinski definition) is 4. The highest BCUT2D eigenvalue weighted by Gasteiger charge is 2.19. The molecule has 0 aliphatic heterocycles. The number of nitrogens with one attached hydrogen (secondary N) is 1. The SMILES string of the molecule is CCOc1ccc(-c2cnc(-c3ccccc3C(=O)Nc3c(CC)cccc3CC)o2)cc1. The molecule has 1 N–H and O–H groups in total. The highest BCUT2D eigenvalue weighted by atomic mass is 16.5. The van der Waals surface area contributed by atoms with Crippen molar-refractivity contribution in [1.29, 1.82) is 0 Å². The van der Waals surface area contributed by atoms with Crippen molar-refractivity contribution in [1.82, 2.24) is 4.98 Å². The summed E-state index contributed by atoms with van der Waals surface area (Å²) in [5.74, 6) is 1.67. The van der Waals surface area contributed by atoms with Gasteiger partial charge in [0.1, 0.15) is 5.75 Å². The van der Waals surface area contributed by atoms with Crippen LogP contribution < -0.4 is 10.1 Å². The number of amides is 1. The molecule has 4 rings (SSSR count). The fourth-order valence-corrected chi connectivity index (χ4v) is 3.87. The minimum absolute atomic E-state index is 0.179. The van der Waals surface area contributed by atoms with Crippen molar-refractivity contribution in [2.75, 3.05) is 11.9 Å². The third-order valence-electron chi connectivity index (χ3n) is 5.60. The largest absolute Gasteiger partial charge is 0.494 e. The van der Waals surface area contributed by atoms with Gasteiger partial charge >= 0.3 is 0 Å². The highest BCUT2D eigenvalue weighted by molar-refractivity contribution is 6.08. The first-order valence-corrected chi connectivity index (χ1v) is 11.3. The molecule has 168 valence electrons. The molecule has 1 amide bonds. The van der Waals surface area contributed by atoms with Gasteiger partial charge in [0.15, 0.2) is 5.76 Å². The molecule has 0 bridgehead atoms. The zero-order chi connectivity index (χ0) is 23.2. The quantitative estimate of drug-likeness (QED) is 0.328. The Balaban J connectivity index is 1.63. The van der Waals surface area contributed by atoms with E-state index in [2.05, 4.69) is 36.3 Å². The van der Waals surface area contributed by atoms with Gasteiger partial charge in [-0.3, -0.25) is 4.79 Å². The Hall–Kier alpha value is -3.86. The molecule has 0 atom stereocenters. The molecule has 0 aliphatic rings. The summed E-state index contributed by atoms with van der Waals surface area (Å²) < 4.78 is 11.6. The molecule has 33 heavy (non-hydrogen) atoms. The van der Waals surface area contributed by atoms with E-state index in [9.17, 15) is 4.79 Å². The Morgan fingerprint density at radius 3 is 2.27 bits per heavy atom. The van der Waals surface area contributed by atoms with Gasteiger partial charge in [-0.2, -0.15) is 0 Å². The lowest BCUT2D eigenvalue weighted by Gasteiger charge is -2.15. The number of oxazole rings is 1. The summed E-state index contributed by atoms with van der Waals surface area (Å²) in [7, 11) is 0. The Morgan fingerprint density at radius 1 is 0.909 bits per heavy atom. The van der Waals surface area contributed by atoms with Gasteiger partial charge in [0.2, 0.25) is 5.89 Å². The molecule has 5 heteroatoms. The maximum absolute atomic E-state index is 13.3. The Morgan fingerprint density at radius 2 is 1.61 bits per heavy atom. The van der Waals surface area contributed by atoms with Crippen LogP contribution in [-0.4, -0.2) is 17.5 Å². The maximum Gasteiger partial charge on any atom is 0.256 e. The van der Waals surface area contributed by atoms with Gasteiger partial charge in [0.05, 0.1) is 18.4 Å². The van der Waals surface area contributed by atoms with Crippen molar-refractivity contribution >= 4 is 11.6 Å². The van der Waals surface area contributed by atoms with E-state index in [1.165, 1.54) is 0 Å². The van der Waals surface area contributed by atoms with Crippen LogP contribution in [0.5, 0.6) is 5.75 Å². The number of benzene rings is 3. The van der Waals surface area contributed by atoms with Gasteiger partial charge in [-0.1, -0.05) is 44.2 Å². The lowest BCUT2D eigenvalue weighted by atomic mass is 10.0. The number of aromatic nitrogens is 1. The van der Waals surface area contributed by atoms with E-state index >= 15 is 0 Å².